The number of hydrogen-bond donors (Lipinski definition) is 0. The summed E-state index contributed by atoms with van der Waals surface area (Å²) in [5, 5.41) is 1.99. The maximum absolute atomic E-state index is 5.02. The van der Waals surface area contributed by atoms with E-state index in [4.69, 9.17) is 4.42 Å². The molecule has 0 atom stereocenters. The van der Waals surface area contributed by atoms with Gasteiger partial charge < -0.3 is 4.42 Å². The third-order valence-corrected chi connectivity index (χ3v) is 1.98. The molecule has 0 aliphatic carbocycles. The minimum Gasteiger partial charge on any atom is -0.443 e. The number of oxazole rings is 1. The third-order valence-electron chi connectivity index (χ3n) is 1.12. The molecule has 0 aliphatic rings. The Bertz CT molecular complexity index is 253. The van der Waals surface area contributed by atoms with Gasteiger partial charge in [0.05, 0.1) is 4.88 Å². The van der Waals surface area contributed by atoms with E-state index in [1.165, 1.54) is 6.26 Å². The second-order valence-corrected chi connectivity index (χ2v) is 2.71. The number of hydrogen-bond acceptors (Lipinski definition) is 3. The fourth-order valence-electron chi connectivity index (χ4n) is 0.707. The third kappa shape index (κ3) is 0.844. The SMILES string of the molecule is [c]1coc(-c2cccs2)n1. The Hall–Kier alpha value is -1.09. The van der Waals surface area contributed by atoms with Crippen molar-refractivity contribution < 1.29 is 4.42 Å². The molecule has 0 aliphatic heterocycles. The molecule has 0 N–H and O–H groups in total. The Morgan fingerprint density at radius 2 is 2.60 bits per heavy atom. The van der Waals surface area contributed by atoms with Crippen molar-refractivity contribution in [2.45, 2.75) is 0 Å². The largest absolute Gasteiger partial charge is 0.443 e. The first kappa shape index (κ1) is 5.68. The average Bonchev–Trinajstić information content (AvgIpc) is 2.59. The zero-order valence-corrected chi connectivity index (χ0v) is 5.89. The first-order valence-electron chi connectivity index (χ1n) is 2.82. The molecule has 3 heteroatoms. The van der Waals surface area contributed by atoms with Gasteiger partial charge in [-0.15, -0.1) is 11.3 Å². The van der Waals surface area contributed by atoms with Gasteiger partial charge in [0.2, 0.25) is 5.89 Å². The lowest BCUT2D eigenvalue weighted by Crippen LogP contribution is -1.66. The molecule has 2 heterocycles. The van der Waals surface area contributed by atoms with Crippen molar-refractivity contribution in [2.24, 2.45) is 0 Å². The van der Waals surface area contributed by atoms with Gasteiger partial charge in [0.15, 0.2) is 0 Å². The molecule has 1 radical (unpaired) electrons. The average molecular weight is 150 g/mol. The minimum atomic E-state index is 0.648. The van der Waals surface area contributed by atoms with Crippen LogP contribution in [0.2, 0.25) is 0 Å². The summed E-state index contributed by atoms with van der Waals surface area (Å²) < 4.78 is 5.02. The first-order valence-corrected chi connectivity index (χ1v) is 3.70. The Morgan fingerprint density at radius 3 is 3.20 bits per heavy atom. The molecule has 0 bridgehead atoms. The van der Waals surface area contributed by atoms with Crippen molar-refractivity contribution in [3.05, 3.63) is 30.0 Å². The smallest absolute Gasteiger partial charge is 0.236 e. The molecular weight excluding hydrogens is 146 g/mol. The van der Waals surface area contributed by atoms with E-state index < -0.39 is 0 Å². The predicted octanol–water partition coefficient (Wildman–Crippen LogP) is 2.20. The first-order chi connectivity index (χ1) is 4.97. The highest BCUT2D eigenvalue weighted by Crippen LogP contribution is 2.21. The lowest BCUT2D eigenvalue weighted by molar-refractivity contribution is 0.576. The van der Waals surface area contributed by atoms with Crippen LogP contribution < -0.4 is 0 Å². The van der Waals surface area contributed by atoms with E-state index in [1.807, 2.05) is 17.5 Å². The summed E-state index contributed by atoms with van der Waals surface area (Å²) in [5.41, 5.74) is 0. The fourth-order valence-corrected chi connectivity index (χ4v) is 1.36. The van der Waals surface area contributed by atoms with E-state index in [0.717, 1.165) is 4.88 Å². The van der Waals surface area contributed by atoms with Crippen molar-refractivity contribution in [2.75, 3.05) is 0 Å². The van der Waals surface area contributed by atoms with Crippen LogP contribution in [0.3, 0.4) is 0 Å². The van der Waals surface area contributed by atoms with E-state index in [1.54, 1.807) is 11.3 Å². The normalized spacial score (nSPS) is 10.0. The molecule has 0 unspecified atom stereocenters. The van der Waals surface area contributed by atoms with Crippen molar-refractivity contribution in [1.29, 1.82) is 0 Å². The number of nitrogens with zero attached hydrogens (tertiary/aromatic N) is 1. The summed E-state index contributed by atoms with van der Waals surface area (Å²) >= 11 is 1.60. The van der Waals surface area contributed by atoms with E-state index in [-0.39, 0.29) is 0 Å². The highest BCUT2D eigenvalue weighted by Gasteiger charge is 2.00. The number of aromatic nitrogens is 1. The molecule has 0 spiro atoms. The van der Waals surface area contributed by atoms with Gasteiger partial charge in [-0.3, -0.25) is 0 Å². The highest BCUT2D eigenvalue weighted by atomic mass is 32.1. The van der Waals surface area contributed by atoms with Gasteiger partial charge in [-0.1, -0.05) is 6.07 Å². The Labute approximate surface area is 62.1 Å². The second-order valence-electron chi connectivity index (χ2n) is 1.76. The highest BCUT2D eigenvalue weighted by molar-refractivity contribution is 7.13. The van der Waals surface area contributed by atoms with Gasteiger partial charge in [-0.25, -0.2) is 4.98 Å². The molecule has 0 saturated carbocycles. The lowest BCUT2D eigenvalue weighted by Gasteiger charge is -1.82. The van der Waals surface area contributed by atoms with Crippen molar-refractivity contribution in [3.8, 4) is 10.8 Å². The zero-order valence-electron chi connectivity index (χ0n) is 5.07. The number of thiophene rings is 1. The van der Waals surface area contributed by atoms with Crippen molar-refractivity contribution >= 4 is 11.3 Å². The summed E-state index contributed by atoms with van der Waals surface area (Å²) in [7, 11) is 0. The molecule has 2 rings (SSSR count). The van der Waals surface area contributed by atoms with Gasteiger partial charge in [-0.2, -0.15) is 0 Å². The van der Waals surface area contributed by atoms with Crippen LogP contribution in [0.15, 0.2) is 28.2 Å². The summed E-state index contributed by atoms with van der Waals surface area (Å²) in [6.45, 7) is 0. The monoisotopic (exact) mass is 150 g/mol. The second kappa shape index (κ2) is 2.27. The lowest BCUT2D eigenvalue weighted by atomic mass is 10.5. The molecule has 49 valence electrons. The van der Waals surface area contributed by atoms with Crippen LogP contribution in [0.25, 0.3) is 10.8 Å². The van der Waals surface area contributed by atoms with Gasteiger partial charge in [-0.05, 0) is 11.4 Å². The van der Waals surface area contributed by atoms with E-state index >= 15 is 0 Å². The summed E-state index contributed by atoms with van der Waals surface area (Å²) in [4.78, 5) is 4.92. The minimum absolute atomic E-state index is 0.648. The molecular formula is C7H4NOS. The number of rotatable bonds is 1. The predicted molar refractivity (Wildman–Crippen MR) is 38.7 cm³/mol. The quantitative estimate of drug-likeness (QED) is 0.622. The van der Waals surface area contributed by atoms with Crippen LogP contribution in [-0.2, 0) is 0 Å². The molecule has 2 aromatic rings. The molecule has 0 amide bonds. The maximum Gasteiger partial charge on any atom is 0.236 e. The molecule has 0 fully saturated rings. The van der Waals surface area contributed by atoms with Crippen LogP contribution in [0.1, 0.15) is 0 Å². The van der Waals surface area contributed by atoms with Gasteiger partial charge in [0.25, 0.3) is 0 Å². The topological polar surface area (TPSA) is 26.0 Å². The van der Waals surface area contributed by atoms with Crippen LogP contribution in [-0.4, -0.2) is 4.98 Å². The maximum atomic E-state index is 5.02. The summed E-state index contributed by atoms with van der Waals surface area (Å²) in [6, 6.07) is 3.93. The molecule has 10 heavy (non-hydrogen) atoms. The van der Waals surface area contributed by atoms with Crippen LogP contribution in [0.5, 0.6) is 0 Å². The zero-order chi connectivity index (χ0) is 6.81. The molecule has 0 saturated heterocycles. The van der Waals surface area contributed by atoms with Crippen molar-refractivity contribution in [3.63, 3.8) is 0 Å². The van der Waals surface area contributed by atoms with Crippen molar-refractivity contribution in [1.82, 2.24) is 4.98 Å². The Kier molecular flexibility index (Phi) is 1.29. The summed E-state index contributed by atoms with van der Waals surface area (Å²) in [6.07, 6.45) is 4.06. The van der Waals surface area contributed by atoms with E-state index in [2.05, 4.69) is 11.2 Å². The molecule has 2 nitrogen and oxygen atoms in total. The van der Waals surface area contributed by atoms with Crippen LogP contribution >= 0.6 is 11.3 Å². The van der Waals surface area contributed by atoms with E-state index in [0.29, 0.717) is 5.89 Å². The van der Waals surface area contributed by atoms with Gasteiger partial charge >= 0.3 is 0 Å². The van der Waals surface area contributed by atoms with Crippen LogP contribution in [0.4, 0.5) is 0 Å². The Morgan fingerprint density at radius 1 is 1.60 bits per heavy atom. The van der Waals surface area contributed by atoms with Crippen LogP contribution in [0, 0.1) is 6.20 Å². The fraction of sp³-hybridized carbons (Fsp3) is 0. The molecule has 0 aromatic carbocycles. The van der Waals surface area contributed by atoms with Gasteiger partial charge in [0.1, 0.15) is 12.5 Å². The van der Waals surface area contributed by atoms with Gasteiger partial charge in [0, 0.05) is 0 Å². The standard InChI is InChI=1S/C7H4NOS/c1-2-6(10-5-1)7-8-3-4-9-7/h1-2,4-5H. The molecule has 2 aromatic heterocycles. The van der Waals surface area contributed by atoms with E-state index in [9.17, 15) is 0 Å². The summed E-state index contributed by atoms with van der Waals surface area (Å²) in [5.74, 6) is 0.648. The Balaban J connectivity index is 2.48.